The summed E-state index contributed by atoms with van der Waals surface area (Å²) in [5.74, 6) is -1.73. The Balaban J connectivity index is 1.99. The Morgan fingerprint density at radius 1 is 1.00 bits per heavy atom. The zero-order valence-corrected chi connectivity index (χ0v) is 12.7. The third kappa shape index (κ3) is 4.32. The first-order chi connectivity index (χ1) is 9.48. The summed E-state index contributed by atoms with van der Waals surface area (Å²) in [5.41, 5.74) is 0.362. The van der Waals surface area contributed by atoms with Crippen LogP contribution in [0.25, 0.3) is 0 Å². The van der Waals surface area contributed by atoms with Gasteiger partial charge in [0.1, 0.15) is 0 Å². The average molecular weight is 282 g/mol. The fraction of sp³-hybridized carbons (Fsp3) is 0.812. The van der Waals surface area contributed by atoms with E-state index in [1.807, 2.05) is 0 Å². The van der Waals surface area contributed by atoms with Crippen molar-refractivity contribution in [3.05, 3.63) is 12.2 Å². The van der Waals surface area contributed by atoms with E-state index in [1.54, 1.807) is 13.8 Å². The highest BCUT2D eigenvalue weighted by atomic mass is 16.9. The molecule has 0 unspecified atom stereocenters. The minimum atomic E-state index is -1.28. The molecule has 0 aromatic carbocycles. The summed E-state index contributed by atoms with van der Waals surface area (Å²) < 4.78 is 17.4. The van der Waals surface area contributed by atoms with Gasteiger partial charge in [0.05, 0.1) is 12.2 Å². The molecule has 4 heteroatoms. The van der Waals surface area contributed by atoms with Crippen molar-refractivity contribution in [2.45, 2.75) is 83.4 Å². The fourth-order valence-electron chi connectivity index (χ4n) is 2.95. The van der Waals surface area contributed by atoms with Gasteiger partial charge >= 0.3 is 11.9 Å². The summed E-state index contributed by atoms with van der Waals surface area (Å²) in [4.78, 5) is 11.8. The maximum atomic E-state index is 11.8. The monoisotopic (exact) mass is 282 g/mol. The molecular formula is C16H26O4. The molecular weight excluding hydrogens is 256 g/mol. The zero-order valence-electron chi connectivity index (χ0n) is 12.7. The Labute approximate surface area is 121 Å². The van der Waals surface area contributed by atoms with Crippen LogP contribution in [-0.2, 0) is 19.0 Å². The smallest absolute Gasteiger partial charge is 0.337 e. The second-order valence-corrected chi connectivity index (χ2v) is 6.08. The molecule has 0 aromatic heterocycles. The van der Waals surface area contributed by atoms with E-state index in [4.69, 9.17) is 14.2 Å². The molecule has 0 heterocycles. The van der Waals surface area contributed by atoms with Crippen LogP contribution in [0.2, 0.25) is 0 Å². The maximum Gasteiger partial charge on any atom is 0.337 e. The van der Waals surface area contributed by atoms with E-state index in [2.05, 4.69) is 6.58 Å². The molecule has 2 rings (SSSR count). The van der Waals surface area contributed by atoms with Crippen LogP contribution < -0.4 is 0 Å². The predicted octanol–water partition coefficient (Wildman–Crippen LogP) is 3.70. The van der Waals surface area contributed by atoms with Crippen molar-refractivity contribution in [2.24, 2.45) is 0 Å². The highest BCUT2D eigenvalue weighted by molar-refractivity contribution is 5.87. The molecule has 0 saturated heterocycles. The molecule has 2 saturated carbocycles. The van der Waals surface area contributed by atoms with Gasteiger partial charge in [-0.3, -0.25) is 0 Å². The lowest BCUT2D eigenvalue weighted by molar-refractivity contribution is -0.376. The van der Waals surface area contributed by atoms with Crippen LogP contribution in [0, 0.1) is 0 Å². The van der Waals surface area contributed by atoms with E-state index in [0.29, 0.717) is 5.57 Å². The van der Waals surface area contributed by atoms with E-state index >= 15 is 0 Å². The van der Waals surface area contributed by atoms with Crippen molar-refractivity contribution < 1.29 is 19.0 Å². The van der Waals surface area contributed by atoms with Gasteiger partial charge in [0.15, 0.2) is 0 Å². The van der Waals surface area contributed by atoms with Crippen molar-refractivity contribution in [2.75, 3.05) is 0 Å². The number of esters is 1. The summed E-state index contributed by atoms with van der Waals surface area (Å²) in [6.45, 7) is 6.96. The predicted molar refractivity (Wildman–Crippen MR) is 76.0 cm³/mol. The summed E-state index contributed by atoms with van der Waals surface area (Å²) in [6.07, 6.45) is 8.94. The molecule has 4 nitrogen and oxygen atoms in total. The van der Waals surface area contributed by atoms with Crippen molar-refractivity contribution in [1.29, 1.82) is 0 Å². The summed E-state index contributed by atoms with van der Waals surface area (Å²) in [7, 11) is 0. The first-order valence-electron chi connectivity index (χ1n) is 7.73. The molecule has 2 fully saturated rings. The van der Waals surface area contributed by atoms with Crippen molar-refractivity contribution in [1.82, 2.24) is 0 Å². The number of hydrogen-bond donors (Lipinski definition) is 0. The van der Waals surface area contributed by atoms with Gasteiger partial charge in [0, 0.05) is 12.5 Å². The largest absolute Gasteiger partial charge is 0.405 e. The third-order valence-corrected chi connectivity index (χ3v) is 3.99. The summed E-state index contributed by atoms with van der Waals surface area (Å²) in [6, 6.07) is 0. The number of carbonyl (C=O) groups excluding carboxylic acids is 1. The van der Waals surface area contributed by atoms with E-state index < -0.39 is 11.9 Å². The topological polar surface area (TPSA) is 44.8 Å². The lowest BCUT2D eigenvalue weighted by atomic mass is 10.3. The molecule has 0 spiro atoms. The van der Waals surface area contributed by atoms with E-state index in [9.17, 15) is 4.79 Å². The van der Waals surface area contributed by atoms with Gasteiger partial charge in [-0.2, -0.15) is 0 Å². The summed E-state index contributed by atoms with van der Waals surface area (Å²) >= 11 is 0. The van der Waals surface area contributed by atoms with Crippen molar-refractivity contribution in [3.63, 3.8) is 0 Å². The Morgan fingerprint density at radius 3 is 1.75 bits per heavy atom. The summed E-state index contributed by atoms with van der Waals surface area (Å²) in [5, 5.41) is 0. The lowest BCUT2D eigenvalue weighted by Gasteiger charge is -2.34. The van der Waals surface area contributed by atoms with Crippen LogP contribution in [0.15, 0.2) is 12.2 Å². The minimum Gasteiger partial charge on any atom is -0.405 e. The fourth-order valence-corrected chi connectivity index (χ4v) is 2.95. The van der Waals surface area contributed by atoms with Gasteiger partial charge in [-0.15, -0.1) is 0 Å². The standard InChI is InChI=1S/C16H26O4/c1-12(2)15(17)20-16(3,18-13-8-4-5-9-13)19-14-10-6-7-11-14/h13-14H,1,4-11H2,2-3H3. The second-order valence-electron chi connectivity index (χ2n) is 6.08. The zero-order chi connectivity index (χ0) is 14.6. The van der Waals surface area contributed by atoms with Crippen molar-refractivity contribution in [3.8, 4) is 0 Å². The van der Waals surface area contributed by atoms with E-state index in [0.717, 1.165) is 25.7 Å². The Hall–Kier alpha value is -0.870. The quantitative estimate of drug-likeness (QED) is 0.423. The number of hydrogen-bond acceptors (Lipinski definition) is 4. The molecule has 0 radical (unpaired) electrons. The second kappa shape index (κ2) is 6.72. The SMILES string of the molecule is C=C(C)C(=O)OC(C)(OC1CCCC1)OC1CCCC1. The Kier molecular flexibility index (Phi) is 5.22. The van der Waals surface area contributed by atoms with Gasteiger partial charge < -0.3 is 14.2 Å². The Morgan fingerprint density at radius 2 is 1.40 bits per heavy atom. The number of ether oxygens (including phenoxy) is 3. The third-order valence-electron chi connectivity index (χ3n) is 3.99. The van der Waals surface area contributed by atoms with Crippen LogP contribution >= 0.6 is 0 Å². The molecule has 2 aliphatic rings. The molecule has 114 valence electrons. The highest BCUT2D eigenvalue weighted by Crippen LogP contribution is 2.32. The van der Waals surface area contributed by atoms with E-state index in [-0.39, 0.29) is 12.2 Å². The van der Waals surface area contributed by atoms with Crippen molar-refractivity contribution >= 4 is 5.97 Å². The highest BCUT2D eigenvalue weighted by Gasteiger charge is 2.38. The Bertz CT molecular complexity index is 333. The normalized spacial score (nSPS) is 21.3. The van der Waals surface area contributed by atoms with Crippen LogP contribution in [0.3, 0.4) is 0 Å². The van der Waals surface area contributed by atoms with Crippen LogP contribution in [0.4, 0.5) is 0 Å². The first kappa shape index (κ1) is 15.5. The number of rotatable bonds is 6. The van der Waals surface area contributed by atoms with Crippen LogP contribution in [0.1, 0.15) is 65.2 Å². The number of carbonyl (C=O) groups is 1. The lowest BCUT2D eigenvalue weighted by Crippen LogP contribution is -2.43. The maximum absolute atomic E-state index is 11.8. The van der Waals surface area contributed by atoms with E-state index in [1.165, 1.54) is 25.7 Å². The average Bonchev–Trinajstić information content (AvgIpc) is 3.01. The molecule has 0 N–H and O–H groups in total. The minimum absolute atomic E-state index is 0.124. The molecule has 0 aromatic rings. The van der Waals surface area contributed by atoms with Gasteiger partial charge in [-0.05, 0) is 32.6 Å². The van der Waals surface area contributed by atoms with Crippen LogP contribution in [0.5, 0.6) is 0 Å². The van der Waals surface area contributed by atoms with Gasteiger partial charge in [0.2, 0.25) is 0 Å². The van der Waals surface area contributed by atoms with Crippen LogP contribution in [-0.4, -0.2) is 24.2 Å². The van der Waals surface area contributed by atoms with Gasteiger partial charge in [-0.1, -0.05) is 32.3 Å². The first-order valence-corrected chi connectivity index (χ1v) is 7.73. The molecule has 2 aliphatic carbocycles. The van der Waals surface area contributed by atoms with Gasteiger partial charge in [-0.25, -0.2) is 4.79 Å². The molecule has 0 aliphatic heterocycles. The van der Waals surface area contributed by atoms with Gasteiger partial charge in [0.25, 0.3) is 0 Å². The molecule has 0 atom stereocenters. The molecule has 0 bridgehead atoms. The molecule has 0 amide bonds. The molecule has 20 heavy (non-hydrogen) atoms.